The lowest BCUT2D eigenvalue weighted by Gasteiger charge is -2.27. The van der Waals surface area contributed by atoms with E-state index in [1.54, 1.807) is 37.8 Å². The predicted molar refractivity (Wildman–Crippen MR) is 200 cm³/mol. The second kappa shape index (κ2) is 18.4. The maximum atomic E-state index is 13.8. The molecule has 1 atom stereocenters. The van der Waals surface area contributed by atoms with Gasteiger partial charge in [0.15, 0.2) is 0 Å². The first kappa shape index (κ1) is 38.2. The maximum absolute atomic E-state index is 13.8. The van der Waals surface area contributed by atoms with Gasteiger partial charge in [0.25, 0.3) is 0 Å². The Balaban J connectivity index is 1.21. The van der Waals surface area contributed by atoms with Gasteiger partial charge in [-0.1, -0.05) is 103 Å². The van der Waals surface area contributed by atoms with Crippen molar-refractivity contribution in [1.29, 1.82) is 0 Å². The number of carbonyl (C=O) groups is 3. The summed E-state index contributed by atoms with van der Waals surface area (Å²) < 4.78 is 22.6. The minimum Gasteiger partial charge on any atom is -0.448 e. The molecule has 52 heavy (non-hydrogen) atoms. The van der Waals surface area contributed by atoms with Crippen LogP contribution in [0.3, 0.4) is 0 Å². The van der Waals surface area contributed by atoms with Gasteiger partial charge in [0.1, 0.15) is 18.8 Å². The van der Waals surface area contributed by atoms with E-state index >= 15 is 0 Å². The number of hydrogen-bond donors (Lipinski definition) is 2. The number of nitrogens with zero attached hydrogens (tertiary/aromatic N) is 1. The van der Waals surface area contributed by atoms with E-state index < -0.39 is 29.9 Å². The molecule has 4 aromatic carbocycles. The Kier molecular flexibility index (Phi) is 13.5. The summed E-state index contributed by atoms with van der Waals surface area (Å²) in [4.78, 5) is 40.3. The molecule has 1 aliphatic carbocycles. The van der Waals surface area contributed by atoms with E-state index in [1.165, 1.54) is 0 Å². The molecule has 0 aliphatic heterocycles. The van der Waals surface area contributed by atoms with Gasteiger partial charge in [-0.3, -0.25) is 0 Å². The van der Waals surface area contributed by atoms with Crippen LogP contribution < -0.4 is 10.6 Å². The van der Waals surface area contributed by atoms with Gasteiger partial charge in [-0.05, 0) is 72.7 Å². The normalized spacial score (nSPS) is 12.6. The van der Waals surface area contributed by atoms with Crippen LogP contribution in [-0.2, 0) is 25.6 Å². The highest BCUT2D eigenvalue weighted by Crippen LogP contribution is 2.44. The number of nitrogens with one attached hydrogen (secondary N) is 2. The number of fused-ring (bicyclic) bond motifs is 3. The summed E-state index contributed by atoms with van der Waals surface area (Å²) in [6.07, 6.45) is -1.25. The van der Waals surface area contributed by atoms with Crippen LogP contribution in [0.1, 0.15) is 61.4 Å². The topological polar surface area (TPSA) is 115 Å². The summed E-state index contributed by atoms with van der Waals surface area (Å²) in [5, 5.41) is 6.19. The van der Waals surface area contributed by atoms with E-state index in [9.17, 15) is 14.4 Å². The number of halogens is 1. The first-order valence-corrected chi connectivity index (χ1v) is 17.8. The minimum atomic E-state index is -0.688. The van der Waals surface area contributed by atoms with Gasteiger partial charge < -0.3 is 34.5 Å². The number of carbonyl (C=O) groups excluding carboxylic acids is 3. The van der Waals surface area contributed by atoms with Crippen molar-refractivity contribution >= 4 is 29.9 Å². The molecular formula is C41H46ClN3O7. The molecule has 3 amide bonds. The lowest BCUT2D eigenvalue weighted by atomic mass is 9.98. The van der Waals surface area contributed by atoms with Gasteiger partial charge in [-0.2, -0.15) is 0 Å². The molecule has 11 heteroatoms. The van der Waals surface area contributed by atoms with Crippen molar-refractivity contribution in [3.63, 3.8) is 0 Å². The second-order valence-corrected chi connectivity index (χ2v) is 13.9. The average Bonchev–Trinajstić information content (AvgIpc) is 3.45. The fourth-order valence-corrected chi connectivity index (χ4v) is 6.13. The number of benzene rings is 4. The number of amides is 3. The fraction of sp³-hybridized carbons (Fsp3) is 0.341. The molecule has 274 valence electrons. The summed E-state index contributed by atoms with van der Waals surface area (Å²) in [5.74, 6) is -0.0992. The van der Waals surface area contributed by atoms with Crippen LogP contribution in [-0.4, -0.2) is 68.2 Å². The van der Waals surface area contributed by atoms with Crippen molar-refractivity contribution in [2.45, 2.75) is 51.4 Å². The van der Waals surface area contributed by atoms with E-state index in [0.29, 0.717) is 11.4 Å². The maximum Gasteiger partial charge on any atom is 0.409 e. The molecule has 10 nitrogen and oxygen atoms in total. The fourth-order valence-electron chi connectivity index (χ4n) is 6.01. The van der Waals surface area contributed by atoms with E-state index in [-0.39, 0.29) is 52.0 Å². The van der Waals surface area contributed by atoms with Crippen molar-refractivity contribution in [3.8, 4) is 11.1 Å². The van der Waals surface area contributed by atoms with Gasteiger partial charge in [-0.25, -0.2) is 14.4 Å². The van der Waals surface area contributed by atoms with E-state index in [2.05, 4.69) is 34.9 Å². The van der Waals surface area contributed by atoms with Gasteiger partial charge in [0.05, 0.1) is 19.3 Å². The molecule has 2 N–H and O–H groups in total. The highest BCUT2D eigenvalue weighted by molar-refractivity contribution is 6.30. The Morgan fingerprint density at radius 2 is 1.40 bits per heavy atom. The van der Waals surface area contributed by atoms with E-state index in [0.717, 1.165) is 33.4 Å². The molecule has 5 rings (SSSR count). The SMILES string of the molecule is CC(C)(C)OC(=O)N[C@@H](CCN(CCOCCNC(=O)OCc1ccccc1)C(=O)OCC1c2ccccc2-c2ccccc21)c1ccc(Cl)cc1. The monoisotopic (exact) mass is 727 g/mol. The molecule has 1 aliphatic rings. The third-order valence-corrected chi connectivity index (χ3v) is 8.73. The molecule has 0 saturated heterocycles. The molecule has 0 radical (unpaired) electrons. The number of alkyl carbamates (subject to hydrolysis) is 2. The van der Waals surface area contributed by atoms with Gasteiger partial charge in [0, 0.05) is 30.6 Å². The molecule has 0 saturated carbocycles. The first-order valence-electron chi connectivity index (χ1n) is 17.4. The highest BCUT2D eigenvalue weighted by atomic mass is 35.5. The molecule has 0 spiro atoms. The smallest absolute Gasteiger partial charge is 0.409 e. The third kappa shape index (κ3) is 11.2. The molecule has 0 unspecified atom stereocenters. The van der Waals surface area contributed by atoms with Crippen LogP contribution in [0.25, 0.3) is 11.1 Å². The third-order valence-electron chi connectivity index (χ3n) is 8.48. The van der Waals surface area contributed by atoms with Crippen molar-refractivity contribution in [2.75, 3.05) is 39.5 Å². The number of hydrogen-bond acceptors (Lipinski definition) is 7. The molecule has 0 aromatic heterocycles. The van der Waals surface area contributed by atoms with Gasteiger partial charge >= 0.3 is 18.3 Å². The average molecular weight is 728 g/mol. The van der Waals surface area contributed by atoms with Crippen LogP contribution in [0, 0.1) is 0 Å². The van der Waals surface area contributed by atoms with Gasteiger partial charge in [-0.15, -0.1) is 0 Å². The summed E-state index contributed by atoms with van der Waals surface area (Å²) in [6, 6.07) is 32.5. The Bertz CT molecular complexity index is 1730. The Morgan fingerprint density at radius 3 is 2.06 bits per heavy atom. The van der Waals surface area contributed by atoms with Crippen molar-refractivity contribution in [3.05, 3.63) is 130 Å². The van der Waals surface area contributed by atoms with Crippen LogP contribution in [0.5, 0.6) is 0 Å². The summed E-state index contributed by atoms with van der Waals surface area (Å²) in [5.41, 5.74) is 5.52. The Hall–Kier alpha value is -5.06. The van der Waals surface area contributed by atoms with Crippen molar-refractivity contribution < 1.29 is 33.3 Å². The van der Waals surface area contributed by atoms with Crippen LogP contribution in [0.2, 0.25) is 5.02 Å². The van der Waals surface area contributed by atoms with Crippen LogP contribution in [0.15, 0.2) is 103 Å². The Morgan fingerprint density at radius 1 is 0.769 bits per heavy atom. The van der Waals surface area contributed by atoms with E-state index in [1.807, 2.05) is 66.7 Å². The zero-order valence-electron chi connectivity index (χ0n) is 29.8. The quantitative estimate of drug-likeness (QED) is 0.0932. The largest absolute Gasteiger partial charge is 0.448 e. The number of ether oxygens (including phenoxy) is 4. The van der Waals surface area contributed by atoms with Gasteiger partial charge in [0.2, 0.25) is 0 Å². The summed E-state index contributed by atoms with van der Waals surface area (Å²) >= 11 is 6.16. The lowest BCUT2D eigenvalue weighted by Crippen LogP contribution is -2.40. The first-order chi connectivity index (χ1) is 25.1. The molecule has 0 fully saturated rings. The lowest BCUT2D eigenvalue weighted by molar-refractivity contribution is 0.0492. The van der Waals surface area contributed by atoms with Crippen molar-refractivity contribution in [2.24, 2.45) is 0 Å². The highest BCUT2D eigenvalue weighted by Gasteiger charge is 2.30. The molecular weight excluding hydrogens is 682 g/mol. The zero-order chi connectivity index (χ0) is 36.9. The molecule has 0 bridgehead atoms. The Labute approximate surface area is 310 Å². The predicted octanol–water partition coefficient (Wildman–Crippen LogP) is 8.49. The van der Waals surface area contributed by atoms with Crippen LogP contribution in [0.4, 0.5) is 14.4 Å². The number of rotatable bonds is 15. The van der Waals surface area contributed by atoms with Crippen molar-refractivity contribution in [1.82, 2.24) is 15.5 Å². The van der Waals surface area contributed by atoms with Crippen LogP contribution >= 0.6 is 11.6 Å². The zero-order valence-corrected chi connectivity index (χ0v) is 30.6. The second-order valence-electron chi connectivity index (χ2n) is 13.4. The summed E-state index contributed by atoms with van der Waals surface area (Å²) in [6.45, 7) is 6.82. The van der Waals surface area contributed by atoms with E-state index in [4.69, 9.17) is 30.5 Å². The minimum absolute atomic E-state index is 0.0992. The standard InChI is InChI=1S/C41H46ClN3O7/c1-41(2,3)52-39(47)44-37(30-17-19-31(42)20-18-30)21-23-45(24-26-49-25-22-43-38(46)50-27-29-11-5-4-6-12-29)40(48)51-28-36-34-15-9-7-13-32(34)33-14-8-10-16-35(33)36/h4-20,36-37H,21-28H2,1-3H3,(H,43,46)(H,44,47)/t37-/m0/s1. The summed E-state index contributed by atoms with van der Waals surface area (Å²) in [7, 11) is 0. The molecule has 4 aromatic rings. The molecule has 0 heterocycles.